The van der Waals surface area contributed by atoms with Crippen LogP contribution in [0.4, 0.5) is 5.69 Å². The molecule has 6 heteroatoms. The number of thiocarbonyl (C=S) groups is 1. The van der Waals surface area contributed by atoms with Crippen LogP contribution in [0.15, 0.2) is 30.3 Å². The second-order valence-corrected chi connectivity index (χ2v) is 4.56. The van der Waals surface area contributed by atoms with E-state index in [1.54, 1.807) is 0 Å². The average Bonchev–Trinajstić information content (AvgIpc) is 2.73. The van der Waals surface area contributed by atoms with Crippen LogP contribution in [-0.2, 0) is 4.79 Å². The Morgan fingerprint density at radius 3 is 2.72 bits per heavy atom. The fourth-order valence-electron chi connectivity index (χ4n) is 1.98. The van der Waals surface area contributed by atoms with Gasteiger partial charge in [-0.2, -0.15) is 0 Å². The van der Waals surface area contributed by atoms with Crippen LogP contribution >= 0.6 is 12.2 Å². The van der Waals surface area contributed by atoms with E-state index in [0.717, 1.165) is 5.69 Å². The molecule has 1 aliphatic heterocycles. The summed E-state index contributed by atoms with van der Waals surface area (Å²) < 4.78 is 0. The Morgan fingerprint density at radius 1 is 1.44 bits per heavy atom. The van der Waals surface area contributed by atoms with Gasteiger partial charge in [0.05, 0.1) is 18.1 Å². The molecule has 0 bridgehead atoms. The van der Waals surface area contributed by atoms with Gasteiger partial charge in [0.2, 0.25) is 0 Å². The lowest BCUT2D eigenvalue weighted by Gasteiger charge is -2.27. The molecule has 2 atom stereocenters. The van der Waals surface area contributed by atoms with Crippen molar-refractivity contribution in [2.24, 2.45) is 0 Å². The molecule has 1 aliphatic rings. The molecule has 1 aromatic rings. The number of β-amino-alcohol motifs (C(OH)–C–C–N with tert-alkyl or cyclic N) is 1. The highest BCUT2D eigenvalue weighted by atomic mass is 32.1. The standard InChI is InChI=1S/C12H14N2O3S/c15-9-6-10(11(16)17)14(7-9)12(18)13-8-4-2-1-3-5-8/h1-5,9-10,15H,6-7H2,(H,13,18)(H,16,17)/p-1. The van der Waals surface area contributed by atoms with Gasteiger partial charge in [-0.1, -0.05) is 18.2 Å². The lowest BCUT2D eigenvalue weighted by molar-refractivity contribution is -0.310. The molecule has 1 heterocycles. The Kier molecular flexibility index (Phi) is 3.78. The quantitative estimate of drug-likeness (QED) is 0.707. The number of likely N-dealkylation sites (tertiary alicyclic amines) is 1. The summed E-state index contributed by atoms with van der Waals surface area (Å²) >= 11 is 5.16. The summed E-state index contributed by atoms with van der Waals surface area (Å²) in [6, 6.07) is 8.35. The second kappa shape index (κ2) is 5.32. The Balaban J connectivity index is 2.06. The van der Waals surface area contributed by atoms with E-state index in [-0.39, 0.29) is 18.1 Å². The number of nitrogens with zero attached hydrogens (tertiary/aromatic N) is 1. The number of hydrogen-bond donors (Lipinski definition) is 2. The molecule has 0 amide bonds. The van der Waals surface area contributed by atoms with Gasteiger partial charge in [-0.15, -0.1) is 0 Å². The van der Waals surface area contributed by atoms with Gasteiger partial charge in [-0.25, -0.2) is 0 Å². The van der Waals surface area contributed by atoms with Crippen LogP contribution in [0.2, 0.25) is 0 Å². The van der Waals surface area contributed by atoms with Crippen molar-refractivity contribution in [3.05, 3.63) is 30.3 Å². The molecule has 5 nitrogen and oxygen atoms in total. The number of aliphatic carboxylic acids is 1. The summed E-state index contributed by atoms with van der Waals surface area (Å²) in [5.74, 6) is -1.22. The zero-order chi connectivity index (χ0) is 13.1. The van der Waals surface area contributed by atoms with E-state index in [4.69, 9.17) is 12.2 Å². The molecule has 0 aromatic heterocycles. The summed E-state index contributed by atoms with van der Waals surface area (Å²) in [6.07, 6.45) is -0.553. The van der Waals surface area contributed by atoms with Crippen molar-refractivity contribution in [2.75, 3.05) is 11.9 Å². The first-order valence-corrected chi connectivity index (χ1v) is 6.00. The molecule has 1 aromatic carbocycles. The van der Waals surface area contributed by atoms with Crippen molar-refractivity contribution >= 4 is 29.0 Å². The fraction of sp³-hybridized carbons (Fsp3) is 0.333. The average molecular weight is 265 g/mol. The van der Waals surface area contributed by atoms with Gasteiger partial charge in [-0.05, 0) is 24.4 Å². The summed E-state index contributed by atoms with van der Waals surface area (Å²) in [5.41, 5.74) is 0.779. The summed E-state index contributed by atoms with van der Waals surface area (Å²) in [4.78, 5) is 12.4. The molecule has 1 saturated heterocycles. The van der Waals surface area contributed by atoms with Gasteiger partial charge in [0.25, 0.3) is 0 Å². The number of carboxylic acids is 1. The highest BCUT2D eigenvalue weighted by Gasteiger charge is 2.33. The molecule has 96 valence electrons. The van der Waals surface area contributed by atoms with Crippen LogP contribution in [-0.4, -0.2) is 39.8 Å². The van der Waals surface area contributed by atoms with Crippen molar-refractivity contribution < 1.29 is 15.0 Å². The number of carboxylic acid groups (broad SMARTS) is 1. The lowest BCUT2D eigenvalue weighted by Crippen LogP contribution is -2.48. The van der Waals surface area contributed by atoms with E-state index >= 15 is 0 Å². The first-order valence-electron chi connectivity index (χ1n) is 5.59. The van der Waals surface area contributed by atoms with E-state index in [9.17, 15) is 15.0 Å². The van der Waals surface area contributed by atoms with Crippen LogP contribution in [0.5, 0.6) is 0 Å². The third-order valence-electron chi connectivity index (χ3n) is 2.84. The second-order valence-electron chi connectivity index (χ2n) is 4.17. The van der Waals surface area contributed by atoms with E-state index < -0.39 is 18.1 Å². The SMILES string of the molecule is O=C([O-])C1CC(O)CN1C(=S)Nc1ccccc1. The predicted molar refractivity (Wildman–Crippen MR) is 68.8 cm³/mol. The molecule has 18 heavy (non-hydrogen) atoms. The zero-order valence-electron chi connectivity index (χ0n) is 9.57. The maximum absolute atomic E-state index is 11.0. The van der Waals surface area contributed by atoms with Crippen LogP contribution in [0, 0.1) is 0 Å². The third kappa shape index (κ3) is 2.77. The molecule has 2 N–H and O–H groups in total. The van der Waals surface area contributed by atoms with E-state index in [1.165, 1.54) is 4.90 Å². The first-order chi connectivity index (χ1) is 8.58. The highest BCUT2D eigenvalue weighted by molar-refractivity contribution is 7.80. The molecule has 1 fully saturated rings. The maximum atomic E-state index is 11.0. The minimum absolute atomic E-state index is 0.138. The third-order valence-corrected chi connectivity index (χ3v) is 3.17. The van der Waals surface area contributed by atoms with Crippen LogP contribution in [0.3, 0.4) is 0 Å². The molecule has 0 aliphatic carbocycles. The van der Waals surface area contributed by atoms with Gasteiger partial charge in [0.15, 0.2) is 5.11 Å². The van der Waals surface area contributed by atoms with Crippen molar-refractivity contribution in [2.45, 2.75) is 18.6 Å². The predicted octanol–water partition coefficient (Wildman–Crippen LogP) is -0.431. The minimum atomic E-state index is -1.22. The number of aliphatic hydroxyl groups excluding tert-OH is 1. The largest absolute Gasteiger partial charge is 0.548 e. The first kappa shape index (κ1) is 12.8. The summed E-state index contributed by atoms with van der Waals surface area (Å²) in [5, 5.41) is 23.7. The summed E-state index contributed by atoms with van der Waals surface area (Å²) in [7, 11) is 0. The van der Waals surface area contributed by atoms with Gasteiger partial charge in [0.1, 0.15) is 0 Å². The number of hydrogen-bond acceptors (Lipinski definition) is 4. The Labute approximate surface area is 110 Å². The Morgan fingerprint density at radius 2 is 2.11 bits per heavy atom. The maximum Gasteiger partial charge on any atom is 0.174 e. The number of rotatable bonds is 2. The van der Waals surface area contributed by atoms with Gasteiger partial charge < -0.3 is 25.2 Å². The normalized spacial score (nSPS) is 22.8. The van der Waals surface area contributed by atoms with Crippen molar-refractivity contribution in [1.29, 1.82) is 0 Å². The minimum Gasteiger partial charge on any atom is -0.548 e. The number of anilines is 1. The summed E-state index contributed by atoms with van der Waals surface area (Å²) in [6.45, 7) is 0.206. The molecule has 0 radical (unpaired) electrons. The fourth-order valence-corrected chi connectivity index (χ4v) is 2.30. The van der Waals surface area contributed by atoms with Crippen LogP contribution in [0.1, 0.15) is 6.42 Å². The molecule has 0 spiro atoms. The van der Waals surface area contributed by atoms with Crippen LogP contribution < -0.4 is 10.4 Å². The monoisotopic (exact) mass is 265 g/mol. The number of para-hydroxylation sites is 1. The van der Waals surface area contributed by atoms with Crippen LogP contribution in [0.25, 0.3) is 0 Å². The number of carbonyl (C=O) groups is 1. The molecule has 2 rings (SSSR count). The Bertz CT molecular complexity index is 452. The van der Waals surface area contributed by atoms with E-state index in [1.807, 2.05) is 30.3 Å². The number of benzene rings is 1. The van der Waals surface area contributed by atoms with Crippen molar-refractivity contribution in [1.82, 2.24) is 4.90 Å². The van der Waals surface area contributed by atoms with Crippen molar-refractivity contribution in [3.63, 3.8) is 0 Å². The highest BCUT2D eigenvalue weighted by Crippen LogP contribution is 2.19. The molecular formula is C12H13N2O3S-. The number of aliphatic hydroxyl groups is 1. The number of nitrogens with one attached hydrogen (secondary N) is 1. The van der Waals surface area contributed by atoms with E-state index in [2.05, 4.69) is 5.32 Å². The Hall–Kier alpha value is -1.66. The van der Waals surface area contributed by atoms with Crippen molar-refractivity contribution in [3.8, 4) is 0 Å². The smallest absolute Gasteiger partial charge is 0.174 e. The van der Waals surface area contributed by atoms with Gasteiger partial charge in [-0.3, -0.25) is 0 Å². The van der Waals surface area contributed by atoms with Gasteiger partial charge in [0, 0.05) is 18.7 Å². The van der Waals surface area contributed by atoms with Gasteiger partial charge >= 0.3 is 0 Å². The zero-order valence-corrected chi connectivity index (χ0v) is 10.4. The lowest BCUT2D eigenvalue weighted by atomic mass is 10.2. The molecule has 2 unspecified atom stereocenters. The molecular weight excluding hydrogens is 252 g/mol. The molecule has 0 saturated carbocycles. The topological polar surface area (TPSA) is 75.6 Å². The number of carbonyl (C=O) groups excluding carboxylic acids is 1. The van der Waals surface area contributed by atoms with E-state index in [0.29, 0.717) is 0 Å².